The summed E-state index contributed by atoms with van der Waals surface area (Å²) in [5.74, 6) is -0.760. The van der Waals surface area contributed by atoms with Crippen LogP contribution in [-0.2, 0) is 4.74 Å². The molecule has 2 aromatic carbocycles. The number of halogens is 1. The zero-order chi connectivity index (χ0) is 17.1. The van der Waals surface area contributed by atoms with E-state index < -0.39 is 5.97 Å². The van der Waals surface area contributed by atoms with Gasteiger partial charge in [-0.25, -0.2) is 4.79 Å². The number of ketones is 1. The molecule has 0 aromatic heterocycles. The lowest BCUT2D eigenvalue weighted by atomic mass is 9.94. The van der Waals surface area contributed by atoms with Gasteiger partial charge in [0.15, 0.2) is 5.78 Å². The number of para-hydroxylation sites is 1. The first-order valence-electron chi connectivity index (χ1n) is 7.38. The Labute approximate surface area is 143 Å². The van der Waals surface area contributed by atoms with Crippen molar-refractivity contribution in [3.63, 3.8) is 0 Å². The molecule has 0 spiro atoms. The molecule has 0 aliphatic carbocycles. The van der Waals surface area contributed by atoms with Gasteiger partial charge < -0.3 is 9.84 Å². The summed E-state index contributed by atoms with van der Waals surface area (Å²) in [6, 6.07) is 11.9. The van der Waals surface area contributed by atoms with Crippen molar-refractivity contribution >= 4 is 34.8 Å². The molecule has 0 unspecified atom stereocenters. The first kappa shape index (κ1) is 16.4. The highest BCUT2D eigenvalue weighted by atomic mass is 35.5. The molecule has 1 aliphatic heterocycles. The van der Waals surface area contributed by atoms with Crippen molar-refractivity contribution in [3.05, 3.63) is 64.2 Å². The van der Waals surface area contributed by atoms with Crippen LogP contribution in [0.5, 0.6) is 0 Å². The monoisotopic (exact) mass is 343 g/mol. The molecule has 0 saturated heterocycles. The zero-order valence-corrected chi connectivity index (χ0v) is 13.4. The number of ether oxygens (including phenoxy) is 1. The van der Waals surface area contributed by atoms with Crippen molar-refractivity contribution in [2.75, 3.05) is 13.2 Å². The summed E-state index contributed by atoms with van der Waals surface area (Å²) in [6.45, 7) is -0.384. The highest BCUT2D eigenvalue weighted by Crippen LogP contribution is 2.33. The van der Waals surface area contributed by atoms with Crippen LogP contribution < -0.4 is 0 Å². The minimum Gasteiger partial charge on any atom is -0.460 e. The second-order valence-corrected chi connectivity index (χ2v) is 5.61. The van der Waals surface area contributed by atoms with Gasteiger partial charge in [0.05, 0.1) is 30.0 Å². The van der Waals surface area contributed by atoms with E-state index in [4.69, 9.17) is 21.4 Å². The number of carbonyl (C=O) groups excluding carboxylic acids is 2. The molecule has 0 radical (unpaired) electrons. The van der Waals surface area contributed by atoms with Crippen LogP contribution in [0.2, 0.25) is 5.02 Å². The van der Waals surface area contributed by atoms with Crippen LogP contribution in [0.1, 0.15) is 32.7 Å². The molecule has 0 atom stereocenters. The normalized spacial score (nSPS) is 13.2. The Balaban J connectivity index is 2.09. The van der Waals surface area contributed by atoms with Gasteiger partial charge in [-0.1, -0.05) is 35.9 Å². The van der Waals surface area contributed by atoms with Crippen molar-refractivity contribution in [1.82, 2.24) is 0 Å². The number of esters is 1. The fourth-order valence-corrected chi connectivity index (χ4v) is 2.79. The first-order chi connectivity index (χ1) is 11.6. The van der Waals surface area contributed by atoms with Crippen molar-refractivity contribution in [3.8, 4) is 0 Å². The minimum atomic E-state index is -0.627. The van der Waals surface area contributed by atoms with Crippen molar-refractivity contribution in [2.24, 2.45) is 4.99 Å². The molecule has 3 rings (SSSR count). The summed E-state index contributed by atoms with van der Waals surface area (Å²) in [6.07, 6.45) is 0.117. The van der Waals surface area contributed by atoms with Gasteiger partial charge in [0.2, 0.25) is 0 Å². The van der Waals surface area contributed by atoms with E-state index in [-0.39, 0.29) is 36.7 Å². The number of hydrogen-bond donors (Lipinski definition) is 1. The number of aliphatic hydroxyl groups excluding tert-OH is 1. The van der Waals surface area contributed by atoms with Crippen LogP contribution in [-0.4, -0.2) is 35.8 Å². The molecular weight excluding hydrogens is 330 g/mol. The van der Waals surface area contributed by atoms with Crippen LogP contribution in [0, 0.1) is 0 Å². The lowest BCUT2D eigenvalue weighted by Gasteiger charge is -2.17. The summed E-state index contributed by atoms with van der Waals surface area (Å²) in [4.78, 5) is 29.1. The molecule has 24 heavy (non-hydrogen) atoms. The third-order valence-corrected chi connectivity index (χ3v) is 3.97. The van der Waals surface area contributed by atoms with E-state index in [0.29, 0.717) is 21.9 Å². The molecule has 122 valence electrons. The van der Waals surface area contributed by atoms with Gasteiger partial charge in [-0.3, -0.25) is 9.79 Å². The average molecular weight is 344 g/mol. The zero-order valence-electron chi connectivity index (χ0n) is 12.7. The highest BCUT2D eigenvalue weighted by molar-refractivity contribution is 6.35. The van der Waals surface area contributed by atoms with Gasteiger partial charge >= 0.3 is 5.97 Å². The Kier molecular flexibility index (Phi) is 4.74. The molecule has 1 N–H and O–H groups in total. The van der Waals surface area contributed by atoms with E-state index in [9.17, 15) is 9.59 Å². The topological polar surface area (TPSA) is 76.0 Å². The molecular formula is C18H14ClNO4. The van der Waals surface area contributed by atoms with Crippen LogP contribution in [0.15, 0.2) is 47.5 Å². The maximum absolute atomic E-state index is 12.5. The summed E-state index contributed by atoms with van der Waals surface area (Å²) in [7, 11) is 0. The van der Waals surface area contributed by atoms with Crippen molar-refractivity contribution in [2.45, 2.75) is 6.42 Å². The van der Waals surface area contributed by atoms with E-state index in [1.165, 1.54) is 0 Å². The molecule has 1 aliphatic rings. The Morgan fingerprint density at radius 2 is 1.92 bits per heavy atom. The maximum Gasteiger partial charge on any atom is 0.340 e. The van der Waals surface area contributed by atoms with Gasteiger partial charge in [0.1, 0.15) is 6.61 Å². The number of carbonyl (C=O) groups is 2. The van der Waals surface area contributed by atoms with Gasteiger partial charge in [0, 0.05) is 16.1 Å². The lowest BCUT2D eigenvalue weighted by Crippen LogP contribution is -2.17. The van der Waals surface area contributed by atoms with Crippen LogP contribution in [0.4, 0.5) is 5.69 Å². The minimum absolute atomic E-state index is 0.114. The molecule has 0 saturated carbocycles. The number of nitrogens with zero attached hydrogens (tertiary/aromatic N) is 1. The number of aliphatic hydroxyl groups is 1. The largest absolute Gasteiger partial charge is 0.460 e. The quantitative estimate of drug-likeness (QED) is 0.865. The fourth-order valence-electron chi connectivity index (χ4n) is 2.54. The van der Waals surface area contributed by atoms with E-state index in [1.54, 1.807) is 36.4 Å². The van der Waals surface area contributed by atoms with Gasteiger partial charge in [-0.2, -0.15) is 0 Å². The van der Waals surface area contributed by atoms with Gasteiger partial charge in [-0.15, -0.1) is 0 Å². The number of fused-ring (bicyclic) bond motifs is 1. The summed E-state index contributed by atoms with van der Waals surface area (Å²) in [5.41, 5.74) is 2.03. The number of aliphatic imine (C=N–C) groups is 1. The van der Waals surface area contributed by atoms with E-state index in [2.05, 4.69) is 4.99 Å². The second kappa shape index (κ2) is 6.95. The Bertz CT molecular complexity index is 845. The molecule has 0 amide bonds. The number of hydrogen-bond acceptors (Lipinski definition) is 5. The first-order valence-corrected chi connectivity index (χ1v) is 7.76. The number of Topliss-reactive ketones (excluding diaryl/α,β-unsaturated/α-hetero) is 1. The molecule has 6 heteroatoms. The molecule has 1 heterocycles. The molecule has 2 aromatic rings. The van der Waals surface area contributed by atoms with Gasteiger partial charge in [0.25, 0.3) is 0 Å². The lowest BCUT2D eigenvalue weighted by molar-refractivity contribution is 0.0434. The summed E-state index contributed by atoms with van der Waals surface area (Å²) >= 11 is 6.19. The molecule has 0 bridgehead atoms. The predicted molar refractivity (Wildman–Crippen MR) is 90.4 cm³/mol. The third-order valence-electron chi connectivity index (χ3n) is 3.64. The fraction of sp³-hybridized carbons (Fsp3) is 0.167. The number of benzene rings is 2. The Hall–Kier alpha value is -2.50. The maximum atomic E-state index is 12.5. The van der Waals surface area contributed by atoms with Gasteiger partial charge in [-0.05, 0) is 18.2 Å². The Morgan fingerprint density at radius 3 is 2.67 bits per heavy atom. The molecule has 5 nitrogen and oxygen atoms in total. The van der Waals surface area contributed by atoms with Crippen LogP contribution in [0.3, 0.4) is 0 Å². The van der Waals surface area contributed by atoms with E-state index in [1.807, 2.05) is 6.07 Å². The predicted octanol–water partition coefficient (Wildman–Crippen LogP) is 3.20. The van der Waals surface area contributed by atoms with E-state index >= 15 is 0 Å². The van der Waals surface area contributed by atoms with Crippen LogP contribution in [0.25, 0.3) is 0 Å². The molecule has 0 fully saturated rings. The van der Waals surface area contributed by atoms with Crippen molar-refractivity contribution < 1.29 is 19.4 Å². The Morgan fingerprint density at radius 1 is 1.17 bits per heavy atom. The third kappa shape index (κ3) is 3.09. The van der Waals surface area contributed by atoms with Crippen molar-refractivity contribution in [1.29, 1.82) is 0 Å². The highest BCUT2D eigenvalue weighted by Gasteiger charge is 2.26. The van der Waals surface area contributed by atoms with E-state index in [0.717, 1.165) is 0 Å². The summed E-state index contributed by atoms with van der Waals surface area (Å²) in [5, 5.41) is 9.28. The standard InChI is InChI=1S/C18H14ClNO4/c19-14-7-2-1-4-11(14)15-10-16(22)12-5-3-6-13(17(12)20-15)18(23)24-9-8-21/h1-7,21H,8-10H2. The second-order valence-electron chi connectivity index (χ2n) is 5.20. The smallest absolute Gasteiger partial charge is 0.340 e. The SMILES string of the molecule is O=C1CC(c2ccccc2Cl)=Nc2c1cccc2C(=O)OCCO. The average Bonchev–Trinajstić information content (AvgIpc) is 2.59. The van der Waals surface area contributed by atoms with Crippen LogP contribution >= 0.6 is 11.6 Å². The summed E-state index contributed by atoms with van der Waals surface area (Å²) < 4.78 is 4.95. The number of rotatable bonds is 4.